The number of carbonyl (C=O) groups excluding carboxylic acids is 1. The zero-order chi connectivity index (χ0) is 28.2. The predicted molar refractivity (Wildman–Crippen MR) is 150 cm³/mol. The van der Waals surface area contributed by atoms with Crippen LogP contribution in [0.25, 0.3) is 16.9 Å². The number of benzene rings is 1. The number of piperidine rings is 1. The fourth-order valence-electron chi connectivity index (χ4n) is 5.78. The Bertz CT molecular complexity index is 1340. The van der Waals surface area contributed by atoms with E-state index < -0.39 is 6.43 Å². The fourth-order valence-corrected chi connectivity index (χ4v) is 5.78. The van der Waals surface area contributed by atoms with Gasteiger partial charge in [-0.1, -0.05) is 12.1 Å². The molecule has 1 N–H and O–H groups in total. The molecule has 1 amide bonds. The first-order chi connectivity index (χ1) is 20.0. The molecule has 0 saturated carbocycles. The fraction of sp³-hybridized carbons (Fsp3) is 0.571. The summed E-state index contributed by atoms with van der Waals surface area (Å²) in [5.74, 6) is 1.21. The van der Waals surface area contributed by atoms with E-state index in [1.165, 1.54) is 4.57 Å². The van der Waals surface area contributed by atoms with Crippen molar-refractivity contribution < 1.29 is 23.0 Å². The molecule has 13 heteroatoms. The number of amides is 1. The highest BCUT2D eigenvalue weighted by atomic mass is 19.3. The maximum absolute atomic E-state index is 14.1. The lowest BCUT2D eigenvalue weighted by Crippen LogP contribution is -2.45. The number of imidazole rings is 1. The lowest BCUT2D eigenvalue weighted by Gasteiger charge is -2.36. The zero-order valence-corrected chi connectivity index (χ0v) is 23.1. The second kappa shape index (κ2) is 12.6. The number of nitrogens with zero attached hydrogens (tertiary/aromatic N) is 7. The van der Waals surface area contributed by atoms with Gasteiger partial charge in [0, 0.05) is 51.9 Å². The van der Waals surface area contributed by atoms with Crippen LogP contribution >= 0.6 is 0 Å². The predicted octanol–water partition coefficient (Wildman–Crippen LogP) is 2.57. The Morgan fingerprint density at radius 2 is 1.61 bits per heavy atom. The molecular weight excluding hydrogens is 534 g/mol. The molecule has 11 nitrogen and oxygen atoms in total. The van der Waals surface area contributed by atoms with Crippen LogP contribution in [0.4, 0.5) is 20.5 Å². The lowest BCUT2D eigenvalue weighted by molar-refractivity contribution is -0.130. The first kappa shape index (κ1) is 27.7. The molecule has 1 aromatic carbocycles. The molecule has 0 aliphatic carbocycles. The number of carbonyl (C=O) groups is 1. The van der Waals surface area contributed by atoms with Gasteiger partial charge >= 0.3 is 0 Å². The minimum atomic E-state index is -2.80. The molecule has 0 unspecified atom stereocenters. The monoisotopic (exact) mass is 570 g/mol. The van der Waals surface area contributed by atoms with Crippen molar-refractivity contribution in [3.05, 3.63) is 36.2 Å². The van der Waals surface area contributed by atoms with Gasteiger partial charge in [0.25, 0.3) is 6.43 Å². The van der Waals surface area contributed by atoms with Gasteiger partial charge in [0.05, 0.1) is 44.0 Å². The Morgan fingerprint density at radius 3 is 2.34 bits per heavy atom. The van der Waals surface area contributed by atoms with Gasteiger partial charge in [-0.25, -0.2) is 13.8 Å². The van der Waals surface area contributed by atoms with Crippen LogP contribution in [0.1, 0.15) is 25.1 Å². The number of para-hydroxylation sites is 2. The van der Waals surface area contributed by atoms with E-state index in [0.717, 1.165) is 45.7 Å². The molecule has 41 heavy (non-hydrogen) atoms. The molecule has 5 heterocycles. The maximum atomic E-state index is 14.1. The summed E-state index contributed by atoms with van der Waals surface area (Å²) >= 11 is 0. The quantitative estimate of drug-likeness (QED) is 0.438. The molecule has 2 aromatic heterocycles. The third kappa shape index (κ3) is 6.41. The second-order valence-corrected chi connectivity index (χ2v) is 10.7. The number of halogens is 2. The third-order valence-electron chi connectivity index (χ3n) is 8.03. The van der Waals surface area contributed by atoms with Gasteiger partial charge < -0.3 is 24.6 Å². The molecule has 3 aliphatic heterocycles. The average Bonchev–Trinajstić information content (AvgIpc) is 3.41. The molecule has 220 valence electrons. The average molecular weight is 571 g/mol. The number of rotatable bonds is 8. The minimum Gasteiger partial charge on any atom is -0.379 e. The van der Waals surface area contributed by atoms with E-state index in [0.29, 0.717) is 62.2 Å². The molecule has 6 rings (SSSR count). The number of likely N-dealkylation sites (tertiary alicyclic amines) is 1. The molecule has 3 fully saturated rings. The maximum Gasteiger partial charge on any atom is 0.296 e. The molecule has 0 bridgehead atoms. The molecule has 0 spiro atoms. The molecular formula is C28H36F2N8O3. The largest absolute Gasteiger partial charge is 0.379 e. The number of morpholine rings is 2. The summed E-state index contributed by atoms with van der Waals surface area (Å²) in [7, 11) is 0. The van der Waals surface area contributed by atoms with E-state index in [-0.39, 0.29) is 30.0 Å². The van der Waals surface area contributed by atoms with Crippen LogP contribution in [0.5, 0.6) is 0 Å². The normalized spacial score (nSPS) is 19.3. The van der Waals surface area contributed by atoms with Crippen LogP contribution in [0, 0.1) is 5.92 Å². The van der Waals surface area contributed by atoms with Crippen molar-refractivity contribution in [1.29, 1.82) is 0 Å². The Labute approximate surface area is 237 Å². The highest BCUT2D eigenvalue weighted by Crippen LogP contribution is 2.29. The van der Waals surface area contributed by atoms with Crippen LogP contribution < -0.4 is 10.2 Å². The van der Waals surface area contributed by atoms with Crippen LogP contribution in [0.2, 0.25) is 0 Å². The van der Waals surface area contributed by atoms with E-state index >= 15 is 0 Å². The van der Waals surface area contributed by atoms with Crippen molar-refractivity contribution in [3.63, 3.8) is 0 Å². The number of fused-ring (bicyclic) bond motifs is 1. The highest BCUT2D eigenvalue weighted by molar-refractivity contribution is 5.81. The first-order valence-electron chi connectivity index (χ1n) is 14.3. The SMILES string of the molecule is O=C(CNc1nc(N2CCOCC2)cc(-n2c(C(F)F)nc3ccccc32)n1)N1CCC(CN2CCOCC2)CC1. The van der Waals surface area contributed by atoms with Gasteiger partial charge in [-0.3, -0.25) is 14.3 Å². The number of nitrogens with one attached hydrogen (secondary N) is 1. The van der Waals surface area contributed by atoms with Gasteiger partial charge in [-0.15, -0.1) is 0 Å². The standard InChI is InChI=1S/C28H36F2N8O3/c29-26(30)27-32-21-3-1-2-4-22(21)38(27)24-17-23(36-11-15-41-16-12-36)33-28(34-24)31-18-25(39)37-7-5-20(6-8-37)19-35-9-13-40-14-10-35/h1-4,17,20,26H,5-16,18-19H2,(H,31,33,34). The van der Waals surface area contributed by atoms with Crippen molar-refractivity contribution >= 4 is 28.7 Å². The van der Waals surface area contributed by atoms with Crippen LogP contribution in [0.3, 0.4) is 0 Å². The van der Waals surface area contributed by atoms with E-state index in [9.17, 15) is 13.6 Å². The van der Waals surface area contributed by atoms with Gasteiger partial charge in [-0.05, 0) is 30.9 Å². The second-order valence-electron chi connectivity index (χ2n) is 10.7. The van der Waals surface area contributed by atoms with Crippen molar-refractivity contribution in [2.45, 2.75) is 19.3 Å². The summed E-state index contributed by atoms with van der Waals surface area (Å²) in [5, 5.41) is 3.08. The van der Waals surface area contributed by atoms with Gasteiger partial charge in [0.1, 0.15) is 11.6 Å². The van der Waals surface area contributed by atoms with E-state index in [1.807, 2.05) is 9.80 Å². The van der Waals surface area contributed by atoms with Crippen LogP contribution in [0.15, 0.2) is 30.3 Å². The minimum absolute atomic E-state index is 0.0204. The van der Waals surface area contributed by atoms with Gasteiger partial charge in [0.15, 0.2) is 5.82 Å². The number of ether oxygens (including phenoxy) is 2. The summed E-state index contributed by atoms with van der Waals surface area (Å²) in [6.45, 7) is 8.34. The Morgan fingerprint density at radius 1 is 0.927 bits per heavy atom. The number of anilines is 2. The van der Waals surface area contributed by atoms with Crippen LogP contribution in [-0.4, -0.2) is 114 Å². The summed E-state index contributed by atoms with van der Waals surface area (Å²) in [6, 6.07) is 8.67. The number of hydrogen-bond acceptors (Lipinski definition) is 9. The van der Waals surface area contributed by atoms with Crippen molar-refractivity contribution in [3.8, 4) is 5.82 Å². The summed E-state index contributed by atoms with van der Waals surface area (Å²) in [5.41, 5.74) is 0.979. The van der Waals surface area contributed by atoms with E-state index in [1.54, 1.807) is 30.3 Å². The number of aromatic nitrogens is 4. The van der Waals surface area contributed by atoms with Crippen molar-refractivity contribution in [2.75, 3.05) is 89.0 Å². The van der Waals surface area contributed by atoms with Crippen molar-refractivity contribution in [2.24, 2.45) is 5.92 Å². The van der Waals surface area contributed by atoms with E-state index in [2.05, 4.69) is 25.2 Å². The third-order valence-corrected chi connectivity index (χ3v) is 8.03. The summed E-state index contributed by atoms with van der Waals surface area (Å²) in [4.78, 5) is 32.9. The summed E-state index contributed by atoms with van der Waals surface area (Å²) < 4.78 is 40.5. The Kier molecular flexibility index (Phi) is 8.54. The number of hydrogen-bond donors (Lipinski definition) is 1. The molecule has 3 aliphatic rings. The molecule has 3 saturated heterocycles. The molecule has 0 radical (unpaired) electrons. The first-order valence-corrected chi connectivity index (χ1v) is 14.3. The zero-order valence-electron chi connectivity index (χ0n) is 23.1. The van der Waals surface area contributed by atoms with E-state index in [4.69, 9.17) is 9.47 Å². The van der Waals surface area contributed by atoms with Gasteiger partial charge in [0.2, 0.25) is 11.9 Å². The Hall–Kier alpha value is -3.42. The molecule has 0 atom stereocenters. The van der Waals surface area contributed by atoms with Crippen molar-refractivity contribution in [1.82, 2.24) is 29.3 Å². The smallest absolute Gasteiger partial charge is 0.296 e. The Balaban J connectivity index is 1.18. The number of alkyl halides is 2. The topological polar surface area (TPSA) is 101 Å². The highest BCUT2D eigenvalue weighted by Gasteiger charge is 2.26. The molecule has 3 aromatic rings. The van der Waals surface area contributed by atoms with Gasteiger partial charge in [-0.2, -0.15) is 9.97 Å². The lowest BCUT2D eigenvalue weighted by atomic mass is 9.96. The summed E-state index contributed by atoms with van der Waals surface area (Å²) in [6.07, 6.45) is -0.853. The van der Waals surface area contributed by atoms with Crippen LogP contribution in [-0.2, 0) is 14.3 Å².